The van der Waals surface area contributed by atoms with E-state index in [4.69, 9.17) is 9.57 Å². The van der Waals surface area contributed by atoms with Crippen molar-refractivity contribution in [3.8, 4) is 0 Å². The van der Waals surface area contributed by atoms with Gasteiger partial charge in [0.2, 0.25) is 0 Å². The lowest BCUT2D eigenvalue weighted by molar-refractivity contribution is -0.211. The molecule has 0 bridgehead atoms. The van der Waals surface area contributed by atoms with Crippen molar-refractivity contribution in [1.82, 2.24) is 10.4 Å². The van der Waals surface area contributed by atoms with Gasteiger partial charge in [-0.05, 0) is 38.8 Å². The van der Waals surface area contributed by atoms with Crippen LogP contribution in [-0.2, 0) is 14.4 Å². The fraction of sp³-hybridized carbons (Fsp3) is 0.917. The minimum atomic E-state index is -0.378. The molecule has 17 heavy (non-hydrogen) atoms. The number of hydrogen-bond acceptors (Lipinski definition) is 4. The highest BCUT2D eigenvalue weighted by Gasteiger charge is 2.43. The summed E-state index contributed by atoms with van der Waals surface area (Å²) in [5.74, 6) is 0.112. The molecule has 0 saturated carbocycles. The SMILES string of the molecule is COCC1(C(=O)N2CCCCO2)CCNCC1. The number of hydrogen-bond donors (Lipinski definition) is 1. The first-order chi connectivity index (χ1) is 8.28. The van der Waals surface area contributed by atoms with E-state index in [-0.39, 0.29) is 11.3 Å². The van der Waals surface area contributed by atoms with Crippen LogP contribution in [0.25, 0.3) is 0 Å². The molecule has 5 heteroatoms. The zero-order valence-corrected chi connectivity index (χ0v) is 10.5. The van der Waals surface area contributed by atoms with E-state index >= 15 is 0 Å². The van der Waals surface area contributed by atoms with Crippen LogP contribution in [0.5, 0.6) is 0 Å². The predicted octanol–water partition coefficient (Wildman–Crippen LogP) is 0.557. The lowest BCUT2D eigenvalue weighted by atomic mass is 9.78. The first-order valence-electron chi connectivity index (χ1n) is 6.43. The molecule has 1 N–H and O–H groups in total. The second-order valence-corrected chi connectivity index (χ2v) is 4.91. The Morgan fingerprint density at radius 1 is 1.41 bits per heavy atom. The molecule has 2 aliphatic rings. The van der Waals surface area contributed by atoms with E-state index in [1.54, 1.807) is 12.2 Å². The molecule has 2 fully saturated rings. The molecule has 0 aromatic rings. The molecule has 1 amide bonds. The highest BCUT2D eigenvalue weighted by Crippen LogP contribution is 2.32. The molecule has 2 rings (SSSR count). The Labute approximate surface area is 102 Å². The minimum absolute atomic E-state index is 0.112. The topological polar surface area (TPSA) is 50.8 Å². The fourth-order valence-electron chi connectivity index (χ4n) is 2.62. The van der Waals surface area contributed by atoms with E-state index in [1.807, 2.05) is 0 Å². The minimum Gasteiger partial charge on any atom is -0.384 e. The standard InChI is InChI=1S/C12H22N2O3/c1-16-10-12(4-6-13-7-5-12)11(15)14-8-2-3-9-17-14/h13H,2-10H2,1H3. The number of nitrogens with zero attached hydrogens (tertiary/aromatic N) is 1. The van der Waals surface area contributed by atoms with Crippen molar-refractivity contribution < 1.29 is 14.4 Å². The molecule has 0 spiro atoms. The quantitative estimate of drug-likeness (QED) is 0.785. The van der Waals surface area contributed by atoms with Crippen LogP contribution in [-0.4, -0.2) is 50.9 Å². The Morgan fingerprint density at radius 2 is 2.18 bits per heavy atom. The number of carbonyl (C=O) groups is 1. The van der Waals surface area contributed by atoms with Gasteiger partial charge in [0.05, 0.1) is 18.6 Å². The molecule has 2 saturated heterocycles. The van der Waals surface area contributed by atoms with Gasteiger partial charge in [-0.25, -0.2) is 5.06 Å². The van der Waals surface area contributed by atoms with Gasteiger partial charge in [0.25, 0.3) is 5.91 Å². The molecule has 0 aliphatic carbocycles. The van der Waals surface area contributed by atoms with Crippen molar-refractivity contribution in [2.75, 3.05) is 40.0 Å². The Kier molecular flexibility index (Phi) is 4.36. The second kappa shape index (κ2) is 5.80. The van der Waals surface area contributed by atoms with Crippen molar-refractivity contribution in [3.05, 3.63) is 0 Å². The molecule has 5 nitrogen and oxygen atoms in total. The molecule has 0 unspecified atom stereocenters. The first kappa shape index (κ1) is 12.8. The molecular weight excluding hydrogens is 220 g/mol. The van der Waals surface area contributed by atoms with Crippen molar-refractivity contribution in [2.24, 2.45) is 5.41 Å². The summed E-state index contributed by atoms with van der Waals surface area (Å²) in [6, 6.07) is 0. The van der Waals surface area contributed by atoms with Crippen molar-refractivity contribution in [2.45, 2.75) is 25.7 Å². The Morgan fingerprint density at radius 3 is 2.76 bits per heavy atom. The van der Waals surface area contributed by atoms with Gasteiger partial charge in [0.15, 0.2) is 0 Å². The summed E-state index contributed by atoms with van der Waals surface area (Å²) in [6.07, 6.45) is 3.74. The van der Waals surface area contributed by atoms with E-state index in [0.29, 0.717) is 13.2 Å². The van der Waals surface area contributed by atoms with E-state index in [2.05, 4.69) is 5.32 Å². The van der Waals surface area contributed by atoms with Crippen LogP contribution in [0.4, 0.5) is 0 Å². The first-order valence-corrected chi connectivity index (χ1v) is 6.43. The average molecular weight is 242 g/mol. The van der Waals surface area contributed by atoms with Gasteiger partial charge in [-0.3, -0.25) is 9.63 Å². The fourth-order valence-corrected chi connectivity index (χ4v) is 2.62. The van der Waals surface area contributed by atoms with Gasteiger partial charge < -0.3 is 10.1 Å². The van der Waals surface area contributed by atoms with Crippen molar-refractivity contribution in [1.29, 1.82) is 0 Å². The molecule has 2 heterocycles. The van der Waals surface area contributed by atoms with Crippen LogP contribution in [0, 0.1) is 5.41 Å². The van der Waals surface area contributed by atoms with Gasteiger partial charge in [-0.15, -0.1) is 0 Å². The van der Waals surface area contributed by atoms with E-state index in [9.17, 15) is 4.79 Å². The molecule has 2 aliphatic heterocycles. The summed E-state index contributed by atoms with van der Waals surface area (Å²) in [5.41, 5.74) is -0.378. The number of methoxy groups -OCH3 is 1. The maximum Gasteiger partial charge on any atom is 0.254 e. The van der Waals surface area contributed by atoms with E-state index in [0.717, 1.165) is 45.3 Å². The maximum atomic E-state index is 12.6. The monoisotopic (exact) mass is 242 g/mol. The third kappa shape index (κ3) is 2.78. The maximum absolute atomic E-state index is 12.6. The van der Waals surface area contributed by atoms with Crippen LogP contribution in [0.15, 0.2) is 0 Å². The number of ether oxygens (including phenoxy) is 1. The Balaban J connectivity index is 2.05. The zero-order chi connectivity index (χ0) is 12.1. The largest absolute Gasteiger partial charge is 0.384 e. The second-order valence-electron chi connectivity index (χ2n) is 4.91. The Hall–Kier alpha value is -0.650. The Bertz CT molecular complexity index is 253. The van der Waals surface area contributed by atoms with Crippen LogP contribution in [0.2, 0.25) is 0 Å². The number of carbonyl (C=O) groups excluding carboxylic acids is 1. The molecule has 0 atom stereocenters. The van der Waals surface area contributed by atoms with Crippen molar-refractivity contribution >= 4 is 5.91 Å². The third-order valence-electron chi connectivity index (χ3n) is 3.66. The van der Waals surface area contributed by atoms with Crippen molar-refractivity contribution in [3.63, 3.8) is 0 Å². The zero-order valence-electron chi connectivity index (χ0n) is 10.5. The summed E-state index contributed by atoms with van der Waals surface area (Å²) in [7, 11) is 1.66. The number of amides is 1. The van der Waals surface area contributed by atoms with Crippen LogP contribution >= 0.6 is 0 Å². The third-order valence-corrected chi connectivity index (χ3v) is 3.66. The predicted molar refractivity (Wildman–Crippen MR) is 63.3 cm³/mol. The highest BCUT2D eigenvalue weighted by atomic mass is 16.7. The number of nitrogens with one attached hydrogen (secondary N) is 1. The average Bonchev–Trinajstić information content (AvgIpc) is 2.40. The van der Waals surface area contributed by atoms with Gasteiger partial charge in [0.1, 0.15) is 0 Å². The summed E-state index contributed by atoms with van der Waals surface area (Å²) < 4.78 is 5.27. The number of rotatable bonds is 3. The van der Waals surface area contributed by atoms with Gasteiger partial charge >= 0.3 is 0 Å². The summed E-state index contributed by atoms with van der Waals surface area (Å²) >= 11 is 0. The molecule has 98 valence electrons. The van der Waals surface area contributed by atoms with Gasteiger partial charge in [-0.1, -0.05) is 0 Å². The normalized spacial score (nSPS) is 24.6. The van der Waals surface area contributed by atoms with Crippen LogP contribution < -0.4 is 5.32 Å². The molecule has 0 aromatic heterocycles. The number of piperidine rings is 1. The summed E-state index contributed by atoms with van der Waals surface area (Å²) in [5, 5.41) is 4.85. The lowest BCUT2D eigenvalue weighted by Crippen LogP contribution is -2.52. The van der Waals surface area contributed by atoms with Crippen LogP contribution in [0.1, 0.15) is 25.7 Å². The van der Waals surface area contributed by atoms with E-state index in [1.165, 1.54) is 0 Å². The van der Waals surface area contributed by atoms with Gasteiger partial charge in [0, 0.05) is 13.7 Å². The lowest BCUT2D eigenvalue weighted by Gasteiger charge is -2.39. The molecule has 0 aromatic carbocycles. The molecular formula is C12H22N2O3. The van der Waals surface area contributed by atoms with E-state index < -0.39 is 0 Å². The van der Waals surface area contributed by atoms with Crippen LogP contribution in [0.3, 0.4) is 0 Å². The van der Waals surface area contributed by atoms with Gasteiger partial charge in [-0.2, -0.15) is 0 Å². The summed E-state index contributed by atoms with van der Waals surface area (Å²) in [6.45, 7) is 3.63. The highest BCUT2D eigenvalue weighted by molar-refractivity contribution is 5.82. The summed E-state index contributed by atoms with van der Waals surface area (Å²) in [4.78, 5) is 18.0. The smallest absolute Gasteiger partial charge is 0.254 e. The molecule has 0 radical (unpaired) electrons. The number of hydroxylamine groups is 2.